The van der Waals surface area contributed by atoms with Gasteiger partial charge in [0.05, 0.1) is 24.1 Å². The van der Waals surface area contributed by atoms with Crippen molar-refractivity contribution < 1.29 is 18.0 Å². The Morgan fingerprint density at radius 1 is 0.857 bits per heavy atom. The normalized spacial score (nSPS) is 12.1. The minimum Gasteiger partial charge on any atom is -0.343 e. The standard InChI is InChI=1S/C15H13N7OS.C9H10N4O3S2/c1-22(2)15(23)14-21-11-12(18-7-19-13(11)24-14)20-9-3-8-4-16-6-10(8)17-5-9;1-13(2)9(14)7-12-5-6(17-7)10-4-11-8(5)18(3,15)16/h3-5,7H,6H2,1-2H3,(H,18,19,20);4H,1-3H3. The van der Waals surface area contributed by atoms with Gasteiger partial charge in [0, 0.05) is 46.2 Å². The molecule has 0 fully saturated rings. The molecule has 2 amide bonds. The Morgan fingerprint density at radius 2 is 1.45 bits per heavy atom. The first-order valence-electron chi connectivity index (χ1n) is 12.0. The van der Waals surface area contributed by atoms with Crippen LogP contribution < -0.4 is 5.32 Å². The van der Waals surface area contributed by atoms with Crippen molar-refractivity contribution in [3.63, 3.8) is 0 Å². The molecule has 15 nitrogen and oxygen atoms in total. The van der Waals surface area contributed by atoms with Gasteiger partial charge in [-0.2, -0.15) is 0 Å². The van der Waals surface area contributed by atoms with Gasteiger partial charge in [-0.3, -0.25) is 19.6 Å². The number of hydrogen-bond donors (Lipinski definition) is 1. The van der Waals surface area contributed by atoms with Gasteiger partial charge < -0.3 is 15.1 Å². The second kappa shape index (κ2) is 11.4. The summed E-state index contributed by atoms with van der Waals surface area (Å²) in [6, 6.07) is 1.96. The monoisotopic (exact) mass is 625 g/mol. The molecule has 0 saturated carbocycles. The molecule has 0 radical (unpaired) electrons. The Morgan fingerprint density at radius 3 is 2.07 bits per heavy atom. The highest BCUT2D eigenvalue weighted by Crippen LogP contribution is 2.28. The Balaban J connectivity index is 0.000000176. The number of fused-ring (bicyclic) bond motifs is 3. The van der Waals surface area contributed by atoms with E-state index in [1.807, 2.05) is 6.07 Å². The number of carbonyl (C=O) groups excluding carboxylic acids is 2. The topological polar surface area (TPSA) is 189 Å². The van der Waals surface area contributed by atoms with Crippen molar-refractivity contribution in [2.75, 3.05) is 39.8 Å². The smallest absolute Gasteiger partial charge is 0.282 e. The lowest BCUT2D eigenvalue weighted by molar-refractivity contribution is 0.0820. The van der Waals surface area contributed by atoms with Gasteiger partial charge in [0.2, 0.25) is 0 Å². The summed E-state index contributed by atoms with van der Waals surface area (Å²) in [6.45, 7) is 0.620. The van der Waals surface area contributed by atoms with Crippen molar-refractivity contribution in [3.8, 4) is 0 Å². The van der Waals surface area contributed by atoms with Crippen LogP contribution in [0.3, 0.4) is 0 Å². The SMILES string of the molecule is CN(C)C(=O)c1nc2c(Nc3cnc4c(c3)C=NC4)ncnc2s1.CN(C)C(=O)c1nc2c(S(C)(=O)=O)ncnc2s1. The summed E-state index contributed by atoms with van der Waals surface area (Å²) in [5.74, 6) is 0.0996. The Bertz CT molecular complexity index is 1980. The molecule has 5 aromatic heterocycles. The molecule has 1 N–H and O–H groups in total. The molecule has 0 atom stereocenters. The van der Waals surface area contributed by atoms with E-state index >= 15 is 0 Å². The minimum atomic E-state index is -3.49. The third-order valence-electron chi connectivity index (χ3n) is 5.62. The fraction of sp³-hybridized carbons (Fsp3) is 0.250. The largest absolute Gasteiger partial charge is 0.343 e. The van der Waals surface area contributed by atoms with Crippen molar-refractivity contribution >= 4 is 82.7 Å². The number of nitrogens with one attached hydrogen (secondary N) is 1. The molecule has 0 aromatic carbocycles. The molecule has 0 spiro atoms. The molecule has 42 heavy (non-hydrogen) atoms. The van der Waals surface area contributed by atoms with Crippen LogP contribution in [-0.4, -0.2) is 106 Å². The first-order chi connectivity index (χ1) is 19.9. The molecular formula is C24H23N11O4S3. The molecule has 6 rings (SSSR count). The zero-order valence-corrected chi connectivity index (χ0v) is 25.4. The van der Waals surface area contributed by atoms with Gasteiger partial charge in [-0.05, 0) is 6.07 Å². The average molecular weight is 626 g/mol. The quantitative estimate of drug-likeness (QED) is 0.280. The minimum absolute atomic E-state index is 0.148. The summed E-state index contributed by atoms with van der Waals surface area (Å²) < 4.78 is 23.1. The van der Waals surface area contributed by atoms with Crippen molar-refractivity contribution in [1.82, 2.24) is 44.7 Å². The fourth-order valence-corrected chi connectivity index (χ4v) is 6.26. The number of anilines is 2. The van der Waals surface area contributed by atoms with Gasteiger partial charge in [-0.1, -0.05) is 22.7 Å². The van der Waals surface area contributed by atoms with Gasteiger partial charge in [0.25, 0.3) is 11.8 Å². The van der Waals surface area contributed by atoms with Crippen LogP contribution in [0.5, 0.6) is 0 Å². The van der Waals surface area contributed by atoms with Crippen molar-refractivity contribution in [2.45, 2.75) is 11.6 Å². The summed E-state index contributed by atoms with van der Waals surface area (Å²) in [5, 5.41) is 3.63. The summed E-state index contributed by atoms with van der Waals surface area (Å²) in [4.78, 5) is 60.8. The van der Waals surface area contributed by atoms with E-state index in [4.69, 9.17) is 0 Å². The van der Waals surface area contributed by atoms with Crippen LogP contribution in [0, 0.1) is 0 Å². The maximum absolute atomic E-state index is 12.1. The maximum Gasteiger partial charge on any atom is 0.282 e. The Labute approximate surface area is 247 Å². The van der Waals surface area contributed by atoms with Gasteiger partial charge in [-0.15, -0.1) is 0 Å². The molecule has 1 aliphatic heterocycles. The number of hydrogen-bond acceptors (Lipinski definition) is 15. The van der Waals surface area contributed by atoms with Crippen LogP contribution in [0.1, 0.15) is 30.9 Å². The highest BCUT2D eigenvalue weighted by molar-refractivity contribution is 7.90. The molecule has 0 aliphatic carbocycles. The Hall–Kier alpha value is -4.55. The molecule has 18 heteroatoms. The summed E-state index contributed by atoms with van der Waals surface area (Å²) >= 11 is 2.29. The predicted molar refractivity (Wildman–Crippen MR) is 158 cm³/mol. The molecule has 1 aliphatic rings. The van der Waals surface area contributed by atoms with E-state index in [9.17, 15) is 18.0 Å². The number of pyridine rings is 1. The number of amides is 2. The van der Waals surface area contributed by atoms with E-state index in [2.05, 4.69) is 45.2 Å². The third kappa shape index (κ3) is 5.90. The molecule has 216 valence electrons. The number of rotatable bonds is 5. The van der Waals surface area contributed by atoms with Gasteiger partial charge in [0.15, 0.2) is 30.7 Å². The maximum atomic E-state index is 12.1. The summed E-state index contributed by atoms with van der Waals surface area (Å²) in [5.41, 5.74) is 3.46. The third-order valence-corrected chi connectivity index (χ3v) is 8.53. The van der Waals surface area contributed by atoms with Crippen LogP contribution in [-0.2, 0) is 16.4 Å². The first-order valence-corrected chi connectivity index (χ1v) is 15.6. The zero-order valence-electron chi connectivity index (χ0n) is 22.9. The molecule has 0 unspecified atom stereocenters. The number of carbonyl (C=O) groups is 2. The average Bonchev–Trinajstić information content (AvgIpc) is 3.69. The van der Waals surface area contributed by atoms with Crippen molar-refractivity contribution in [2.24, 2.45) is 4.99 Å². The van der Waals surface area contributed by atoms with Gasteiger partial charge in [0.1, 0.15) is 33.3 Å². The van der Waals surface area contributed by atoms with E-state index in [1.54, 1.807) is 40.6 Å². The molecule has 0 saturated heterocycles. The Kier molecular flexibility index (Phi) is 7.85. The van der Waals surface area contributed by atoms with E-state index in [0.717, 1.165) is 40.9 Å². The van der Waals surface area contributed by atoms with E-state index in [-0.39, 0.29) is 27.4 Å². The highest BCUT2D eigenvalue weighted by atomic mass is 32.2. The van der Waals surface area contributed by atoms with Crippen LogP contribution in [0.15, 0.2) is 34.9 Å². The highest BCUT2D eigenvalue weighted by Gasteiger charge is 2.22. The number of nitrogens with zero attached hydrogens (tertiary/aromatic N) is 10. The van der Waals surface area contributed by atoms with Crippen LogP contribution in [0.4, 0.5) is 11.5 Å². The van der Waals surface area contributed by atoms with Crippen LogP contribution >= 0.6 is 22.7 Å². The zero-order chi connectivity index (χ0) is 30.2. The number of thiazole rings is 2. The van der Waals surface area contributed by atoms with Crippen molar-refractivity contribution in [3.05, 3.63) is 46.2 Å². The summed E-state index contributed by atoms with van der Waals surface area (Å²) in [6.07, 6.45) is 7.19. The number of sulfone groups is 1. The second-order valence-electron chi connectivity index (χ2n) is 9.27. The lowest BCUT2D eigenvalue weighted by Crippen LogP contribution is -2.21. The molecular weight excluding hydrogens is 603 g/mol. The number of aliphatic imine (C=N–C) groups is 1. The lowest BCUT2D eigenvalue weighted by Gasteiger charge is -2.07. The second-order valence-corrected chi connectivity index (χ2v) is 13.2. The van der Waals surface area contributed by atoms with Crippen LogP contribution in [0.2, 0.25) is 0 Å². The van der Waals surface area contributed by atoms with Crippen molar-refractivity contribution in [1.29, 1.82) is 0 Å². The van der Waals surface area contributed by atoms with E-state index in [0.29, 0.717) is 32.5 Å². The fourth-order valence-electron chi connectivity index (χ4n) is 3.61. The predicted octanol–water partition coefficient (Wildman–Crippen LogP) is 2.05. The first kappa shape index (κ1) is 29.0. The molecule has 0 bridgehead atoms. The molecule has 6 heterocycles. The number of aromatic nitrogens is 7. The van der Waals surface area contributed by atoms with E-state index < -0.39 is 9.84 Å². The van der Waals surface area contributed by atoms with Crippen LogP contribution in [0.25, 0.3) is 20.7 Å². The molecule has 5 aromatic rings. The van der Waals surface area contributed by atoms with Gasteiger partial charge in [-0.25, -0.2) is 38.3 Å². The summed E-state index contributed by atoms with van der Waals surface area (Å²) in [7, 11) is 3.08. The van der Waals surface area contributed by atoms with E-state index in [1.165, 1.54) is 27.5 Å². The lowest BCUT2D eigenvalue weighted by atomic mass is 10.2. The van der Waals surface area contributed by atoms with Gasteiger partial charge >= 0.3 is 0 Å².